The molecule has 19 heavy (non-hydrogen) atoms. The Labute approximate surface area is 116 Å². The van der Waals surface area contributed by atoms with Gasteiger partial charge in [0.1, 0.15) is 0 Å². The van der Waals surface area contributed by atoms with Crippen molar-refractivity contribution < 1.29 is 0 Å². The third-order valence-electron chi connectivity index (χ3n) is 3.51. The monoisotopic (exact) mass is 259 g/mol. The minimum Gasteiger partial charge on any atom is -0.357 e. The van der Waals surface area contributed by atoms with Crippen molar-refractivity contribution in [1.29, 1.82) is 0 Å². The van der Waals surface area contributed by atoms with E-state index >= 15 is 0 Å². The number of benzene rings is 1. The molecule has 1 aliphatic carbocycles. The summed E-state index contributed by atoms with van der Waals surface area (Å²) in [4.78, 5) is 4.69. The summed E-state index contributed by atoms with van der Waals surface area (Å²) in [5, 5.41) is 6.74. The summed E-state index contributed by atoms with van der Waals surface area (Å²) in [5.41, 5.74) is 2.72. The third kappa shape index (κ3) is 4.58. The Bertz CT molecular complexity index is 422. The highest BCUT2D eigenvalue weighted by molar-refractivity contribution is 5.79. The maximum Gasteiger partial charge on any atom is 0.191 e. The number of aryl methyl sites for hydroxylation is 1. The van der Waals surface area contributed by atoms with Gasteiger partial charge in [-0.05, 0) is 43.2 Å². The normalized spacial score (nSPS) is 15.4. The van der Waals surface area contributed by atoms with Gasteiger partial charge in [-0.25, -0.2) is 4.99 Å². The van der Waals surface area contributed by atoms with E-state index < -0.39 is 0 Å². The van der Waals surface area contributed by atoms with Crippen LogP contribution in [0, 0.1) is 5.92 Å². The average molecular weight is 259 g/mol. The van der Waals surface area contributed by atoms with Crippen LogP contribution in [0.25, 0.3) is 0 Å². The maximum absolute atomic E-state index is 4.69. The van der Waals surface area contributed by atoms with Gasteiger partial charge in [0.05, 0.1) is 6.54 Å². The summed E-state index contributed by atoms with van der Waals surface area (Å²) >= 11 is 0. The van der Waals surface area contributed by atoms with E-state index in [1.807, 2.05) is 0 Å². The van der Waals surface area contributed by atoms with Gasteiger partial charge in [-0.15, -0.1) is 0 Å². The molecule has 1 aliphatic rings. The van der Waals surface area contributed by atoms with Crippen molar-refractivity contribution in [2.45, 2.75) is 39.7 Å². The molecule has 1 aromatic rings. The molecule has 0 heterocycles. The smallest absolute Gasteiger partial charge is 0.191 e. The second kappa shape index (κ2) is 7.17. The summed E-state index contributed by atoms with van der Waals surface area (Å²) < 4.78 is 0. The average Bonchev–Trinajstić information content (AvgIpc) is 3.26. The van der Waals surface area contributed by atoms with Crippen LogP contribution >= 0.6 is 0 Å². The zero-order chi connectivity index (χ0) is 13.5. The fraction of sp³-hybridized carbons (Fsp3) is 0.562. The molecule has 104 valence electrons. The number of nitrogens with zero attached hydrogens (tertiary/aromatic N) is 1. The molecule has 0 aliphatic heterocycles. The Morgan fingerprint density at radius 1 is 1.16 bits per heavy atom. The van der Waals surface area contributed by atoms with Crippen LogP contribution in [0.3, 0.4) is 0 Å². The highest BCUT2D eigenvalue weighted by Crippen LogP contribution is 2.27. The first-order chi connectivity index (χ1) is 9.33. The molecular formula is C16H25N3. The van der Waals surface area contributed by atoms with Crippen molar-refractivity contribution in [2.24, 2.45) is 10.9 Å². The van der Waals surface area contributed by atoms with Gasteiger partial charge in [-0.1, -0.05) is 31.2 Å². The van der Waals surface area contributed by atoms with Gasteiger partial charge in [-0.2, -0.15) is 0 Å². The van der Waals surface area contributed by atoms with Gasteiger partial charge in [0.15, 0.2) is 5.96 Å². The summed E-state index contributed by atoms with van der Waals surface area (Å²) in [6.45, 7) is 7.02. The number of rotatable bonds is 6. The highest BCUT2D eigenvalue weighted by Gasteiger charge is 2.20. The molecule has 0 saturated heterocycles. The van der Waals surface area contributed by atoms with Gasteiger partial charge >= 0.3 is 0 Å². The van der Waals surface area contributed by atoms with E-state index in [0.29, 0.717) is 0 Å². The zero-order valence-corrected chi connectivity index (χ0v) is 12.1. The Balaban J connectivity index is 1.95. The van der Waals surface area contributed by atoms with Crippen LogP contribution in [0.15, 0.2) is 29.3 Å². The van der Waals surface area contributed by atoms with E-state index in [1.54, 1.807) is 0 Å². The van der Waals surface area contributed by atoms with Crippen LogP contribution in [0.1, 0.15) is 37.8 Å². The summed E-state index contributed by atoms with van der Waals surface area (Å²) in [6.07, 6.45) is 3.80. The second-order valence-corrected chi connectivity index (χ2v) is 5.14. The van der Waals surface area contributed by atoms with Crippen molar-refractivity contribution in [3.63, 3.8) is 0 Å². The lowest BCUT2D eigenvalue weighted by molar-refractivity contribution is 0.739. The van der Waals surface area contributed by atoms with Crippen LogP contribution in [-0.2, 0) is 13.0 Å². The van der Waals surface area contributed by atoms with Crippen LogP contribution in [0.5, 0.6) is 0 Å². The van der Waals surface area contributed by atoms with Crippen LogP contribution < -0.4 is 10.6 Å². The van der Waals surface area contributed by atoms with E-state index in [4.69, 9.17) is 0 Å². The van der Waals surface area contributed by atoms with Crippen LogP contribution in [0.4, 0.5) is 0 Å². The number of nitrogens with one attached hydrogen (secondary N) is 2. The molecule has 1 fully saturated rings. The molecule has 0 bridgehead atoms. The van der Waals surface area contributed by atoms with Crippen molar-refractivity contribution >= 4 is 5.96 Å². The maximum atomic E-state index is 4.69. The lowest BCUT2D eigenvalue weighted by Gasteiger charge is -2.11. The molecule has 0 unspecified atom stereocenters. The number of hydrogen-bond acceptors (Lipinski definition) is 1. The lowest BCUT2D eigenvalue weighted by Crippen LogP contribution is -2.38. The molecule has 0 amide bonds. The first kappa shape index (κ1) is 13.9. The first-order valence-corrected chi connectivity index (χ1v) is 7.42. The molecule has 2 rings (SSSR count). The lowest BCUT2D eigenvalue weighted by atomic mass is 10.1. The Kier molecular flexibility index (Phi) is 5.25. The number of hydrogen-bond donors (Lipinski definition) is 2. The number of aliphatic imine (C=N–C) groups is 1. The predicted molar refractivity (Wildman–Crippen MR) is 81.4 cm³/mol. The van der Waals surface area contributed by atoms with Crippen LogP contribution in [0.2, 0.25) is 0 Å². The van der Waals surface area contributed by atoms with Crippen LogP contribution in [-0.4, -0.2) is 19.0 Å². The Morgan fingerprint density at radius 2 is 1.89 bits per heavy atom. The van der Waals surface area contributed by atoms with Crippen molar-refractivity contribution in [1.82, 2.24) is 10.6 Å². The van der Waals surface area contributed by atoms with Gasteiger partial charge in [0.2, 0.25) is 0 Å². The number of guanidine groups is 1. The standard InChI is InChI=1S/C16H25N3/c1-3-14-7-5-6-8-15(14)12-19-16(17-4-2)18-11-13-9-10-13/h5-8,13H,3-4,9-12H2,1-2H3,(H2,17,18,19). The van der Waals surface area contributed by atoms with Gasteiger partial charge in [0, 0.05) is 13.1 Å². The highest BCUT2D eigenvalue weighted by atomic mass is 15.2. The van der Waals surface area contributed by atoms with E-state index in [0.717, 1.165) is 37.9 Å². The van der Waals surface area contributed by atoms with Crippen molar-refractivity contribution in [2.75, 3.05) is 13.1 Å². The fourth-order valence-electron chi connectivity index (χ4n) is 2.13. The molecule has 0 spiro atoms. The predicted octanol–water partition coefficient (Wildman–Crippen LogP) is 2.71. The zero-order valence-electron chi connectivity index (χ0n) is 12.1. The van der Waals surface area contributed by atoms with E-state index in [2.05, 4.69) is 53.7 Å². The molecule has 2 N–H and O–H groups in total. The van der Waals surface area contributed by atoms with Crippen molar-refractivity contribution in [3.8, 4) is 0 Å². The third-order valence-corrected chi connectivity index (χ3v) is 3.51. The quantitative estimate of drug-likeness (QED) is 0.609. The van der Waals surface area contributed by atoms with E-state index in [-0.39, 0.29) is 0 Å². The summed E-state index contributed by atoms with van der Waals surface area (Å²) in [6, 6.07) is 8.55. The molecule has 0 atom stereocenters. The molecular weight excluding hydrogens is 234 g/mol. The fourth-order valence-corrected chi connectivity index (χ4v) is 2.13. The first-order valence-electron chi connectivity index (χ1n) is 7.42. The molecule has 3 heteroatoms. The van der Waals surface area contributed by atoms with Gasteiger partial charge in [0.25, 0.3) is 0 Å². The molecule has 1 aromatic carbocycles. The Morgan fingerprint density at radius 3 is 2.53 bits per heavy atom. The SMILES string of the molecule is CCNC(=NCc1ccccc1CC)NCC1CC1. The molecule has 0 aromatic heterocycles. The summed E-state index contributed by atoms with van der Waals surface area (Å²) in [7, 11) is 0. The molecule has 1 saturated carbocycles. The summed E-state index contributed by atoms with van der Waals surface area (Å²) in [5.74, 6) is 1.81. The van der Waals surface area contributed by atoms with E-state index in [9.17, 15) is 0 Å². The van der Waals surface area contributed by atoms with Crippen molar-refractivity contribution in [3.05, 3.63) is 35.4 Å². The van der Waals surface area contributed by atoms with Gasteiger partial charge in [-0.3, -0.25) is 0 Å². The molecule has 3 nitrogen and oxygen atoms in total. The van der Waals surface area contributed by atoms with Gasteiger partial charge < -0.3 is 10.6 Å². The minimum absolute atomic E-state index is 0.754. The van der Waals surface area contributed by atoms with E-state index in [1.165, 1.54) is 24.0 Å². The topological polar surface area (TPSA) is 36.4 Å². The largest absolute Gasteiger partial charge is 0.357 e. The second-order valence-electron chi connectivity index (χ2n) is 5.14. The Hall–Kier alpha value is -1.51. The minimum atomic E-state index is 0.754. The molecule has 0 radical (unpaired) electrons.